The zero-order valence-corrected chi connectivity index (χ0v) is 10.4. The molecule has 4 nitrogen and oxygen atoms in total. The summed E-state index contributed by atoms with van der Waals surface area (Å²) in [4.78, 5) is 14.8. The Hall–Kier alpha value is -0.610. The van der Waals surface area contributed by atoms with Crippen LogP contribution in [0.3, 0.4) is 0 Å². The largest absolute Gasteiger partial charge is 0.480 e. The predicted octanol–water partition coefficient (Wildman–Crippen LogP) is 1.12. The molecule has 1 N–H and O–H groups in total. The standard InChI is InChI=1S/C9H18N2O2.C2H6/c1-8(2)11-5-3-10(4-6-11)7-9(12)13;1-2/h8H,3-7H2,1-2H3,(H,12,13);1-2H3. The summed E-state index contributed by atoms with van der Waals surface area (Å²) in [5.41, 5.74) is 0. The number of carboxylic acid groups (broad SMARTS) is 1. The molecule has 1 fully saturated rings. The van der Waals surface area contributed by atoms with Crippen LogP contribution in [0.4, 0.5) is 0 Å². The molecule has 0 spiro atoms. The van der Waals surface area contributed by atoms with Gasteiger partial charge in [0.2, 0.25) is 0 Å². The van der Waals surface area contributed by atoms with Crippen molar-refractivity contribution < 1.29 is 9.90 Å². The Balaban J connectivity index is 0.000000921. The van der Waals surface area contributed by atoms with Crippen LogP contribution in [0.1, 0.15) is 27.7 Å². The second-order valence-electron chi connectivity index (χ2n) is 3.80. The van der Waals surface area contributed by atoms with Gasteiger partial charge in [0, 0.05) is 32.2 Å². The lowest BCUT2D eigenvalue weighted by Crippen LogP contribution is -2.49. The van der Waals surface area contributed by atoms with Crippen molar-refractivity contribution in [2.24, 2.45) is 0 Å². The normalized spacial score (nSPS) is 18.5. The fraction of sp³-hybridized carbons (Fsp3) is 0.909. The number of hydrogen-bond acceptors (Lipinski definition) is 3. The van der Waals surface area contributed by atoms with Gasteiger partial charge in [-0.3, -0.25) is 14.6 Å². The Kier molecular flexibility index (Phi) is 7.34. The van der Waals surface area contributed by atoms with E-state index in [4.69, 9.17) is 5.11 Å². The van der Waals surface area contributed by atoms with Crippen LogP contribution in [0, 0.1) is 0 Å². The molecule has 4 heteroatoms. The van der Waals surface area contributed by atoms with E-state index < -0.39 is 5.97 Å². The number of hydrogen-bond donors (Lipinski definition) is 1. The van der Waals surface area contributed by atoms with E-state index in [-0.39, 0.29) is 6.54 Å². The van der Waals surface area contributed by atoms with Gasteiger partial charge in [-0.1, -0.05) is 13.8 Å². The zero-order chi connectivity index (χ0) is 11.8. The van der Waals surface area contributed by atoms with Gasteiger partial charge >= 0.3 is 5.97 Å². The van der Waals surface area contributed by atoms with E-state index in [1.807, 2.05) is 18.7 Å². The number of piperazine rings is 1. The first-order valence-electron chi connectivity index (χ1n) is 5.78. The Morgan fingerprint density at radius 1 is 1.20 bits per heavy atom. The second kappa shape index (κ2) is 7.65. The van der Waals surface area contributed by atoms with Gasteiger partial charge in [-0.25, -0.2) is 0 Å². The molecule has 0 amide bonds. The van der Waals surface area contributed by atoms with Crippen molar-refractivity contribution in [2.75, 3.05) is 32.7 Å². The van der Waals surface area contributed by atoms with Gasteiger partial charge in [-0.05, 0) is 13.8 Å². The van der Waals surface area contributed by atoms with Crippen molar-refractivity contribution in [1.29, 1.82) is 0 Å². The first kappa shape index (κ1) is 14.4. The van der Waals surface area contributed by atoms with Crippen LogP contribution in [-0.4, -0.2) is 59.6 Å². The minimum absolute atomic E-state index is 0.186. The highest BCUT2D eigenvalue weighted by Crippen LogP contribution is 2.04. The maximum absolute atomic E-state index is 10.4. The van der Waals surface area contributed by atoms with Crippen molar-refractivity contribution in [3.05, 3.63) is 0 Å². The minimum atomic E-state index is -0.724. The van der Waals surface area contributed by atoms with E-state index >= 15 is 0 Å². The smallest absolute Gasteiger partial charge is 0.317 e. The SMILES string of the molecule is CC.CC(C)N1CCN(CC(=O)O)CC1. The Bertz CT molecular complexity index is 175. The van der Waals surface area contributed by atoms with Gasteiger partial charge in [-0.2, -0.15) is 0 Å². The van der Waals surface area contributed by atoms with Crippen LogP contribution in [0.15, 0.2) is 0 Å². The van der Waals surface area contributed by atoms with Crippen molar-refractivity contribution in [3.63, 3.8) is 0 Å². The lowest BCUT2D eigenvalue weighted by molar-refractivity contribution is -0.138. The summed E-state index contributed by atoms with van der Waals surface area (Å²) in [6.07, 6.45) is 0. The van der Waals surface area contributed by atoms with E-state index in [0.29, 0.717) is 6.04 Å². The summed E-state index contributed by atoms with van der Waals surface area (Å²) in [6, 6.07) is 0.576. The van der Waals surface area contributed by atoms with Gasteiger partial charge in [-0.15, -0.1) is 0 Å². The third-order valence-electron chi connectivity index (χ3n) is 2.50. The molecule has 1 aliphatic rings. The molecule has 0 radical (unpaired) electrons. The fourth-order valence-electron chi connectivity index (χ4n) is 1.63. The third-order valence-corrected chi connectivity index (χ3v) is 2.50. The average molecular weight is 216 g/mol. The van der Waals surface area contributed by atoms with E-state index in [1.165, 1.54) is 0 Å². The zero-order valence-electron chi connectivity index (χ0n) is 10.4. The summed E-state index contributed by atoms with van der Waals surface area (Å²) in [7, 11) is 0. The molecular formula is C11H24N2O2. The number of carboxylic acids is 1. The van der Waals surface area contributed by atoms with Crippen molar-refractivity contribution >= 4 is 5.97 Å². The molecule has 0 aromatic carbocycles. The molecule has 0 aromatic heterocycles. The molecule has 90 valence electrons. The molecule has 15 heavy (non-hydrogen) atoms. The summed E-state index contributed by atoms with van der Waals surface area (Å²) >= 11 is 0. The molecule has 1 heterocycles. The van der Waals surface area contributed by atoms with Gasteiger partial charge in [0.15, 0.2) is 0 Å². The molecule has 0 aliphatic carbocycles. The van der Waals surface area contributed by atoms with Crippen LogP contribution in [0.2, 0.25) is 0 Å². The van der Waals surface area contributed by atoms with Gasteiger partial charge in [0.1, 0.15) is 0 Å². The monoisotopic (exact) mass is 216 g/mol. The molecule has 0 unspecified atom stereocenters. The second-order valence-corrected chi connectivity index (χ2v) is 3.80. The molecule has 1 rings (SSSR count). The number of aliphatic carboxylic acids is 1. The molecule has 0 saturated carbocycles. The molecule has 0 atom stereocenters. The first-order chi connectivity index (χ1) is 7.09. The average Bonchev–Trinajstić information content (AvgIpc) is 2.20. The number of rotatable bonds is 3. The summed E-state index contributed by atoms with van der Waals surface area (Å²) in [6.45, 7) is 12.3. The predicted molar refractivity (Wildman–Crippen MR) is 62.1 cm³/mol. The summed E-state index contributed by atoms with van der Waals surface area (Å²) < 4.78 is 0. The molecule has 1 saturated heterocycles. The summed E-state index contributed by atoms with van der Waals surface area (Å²) in [5, 5.41) is 8.59. The van der Waals surface area contributed by atoms with Crippen LogP contribution in [-0.2, 0) is 4.79 Å². The van der Waals surface area contributed by atoms with E-state index in [2.05, 4.69) is 18.7 Å². The number of carbonyl (C=O) groups is 1. The first-order valence-corrected chi connectivity index (χ1v) is 5.78. The van der Waals surface area contributed by atoms with E-state index in [0.717, 1.165) is 26.2 Å². The molecule has 0 bridgehead atoms. The Morgan fingerprint density at radius 2 is 1.67 bits per heavy atom. The van der Waals surface area contributed by atoms with Crippen LogP contribution >= 0.6 is 0 Å². The van der Waals surface area contributed by atoms with Crippen molar-refractivity contribution in [1.82, 2.24) is 9.80 Å². The topological polar surface area (TPSA) is 43.8 Å². The highest BCUT2D eigenvalue weighted by Gasteiger charge is 2.19. The highest BCUT2D eigenvalue weighted by atomic mass is 16.4. The van der Waals surface area contributed by atoms with Crippen LogP contribution < -0.4 is 0 Å². The lowest BCUT2D eigenvalue weighted by Gasteiger charge is -2.36. The Morgan fingerprint density at radius 3 is 2.00 bits per heavy atom. The van der Waals surface area contributed by atoms with Gasteiger partial charge in [0.25, 0.3) is 0 Å². The fourth-order valence-corrected chi connectivity index (χ4v) is 1.63. The maximum Gasteiger partial charge on any atom is 0.317 e. The molecular weight excluding hydrogens is 192 g/mol. The Labute approximate surface area is 92.9 Å². The van der Waals surface area contributed by atoms with Gasteiger partial charge in [0.05, 0.1) is 6.54 Å². The molecule has 0 aromatic rings. The van der Waals surface area contributed by atoms with Gasteiger partial charge < -0.3 is 5.11 Å². The molecule has 1 aliphatic heterocycles. The van der Waals surface area contributed by atoms with Crippen molar-refractivity contribution in [3.8, 4) is 0 Å². The third kappa shape index (κ3) is 5.74. The lowest BCUT2D eigenvalue weighted by atomic mass is 10.2. The van der Waals surface area contributed by atoms with Crippen LogP contribution in [0.25, 0.3) is 0 Å². The number of nitrogens with zero attached hydrogens (tertiary/aromatic N) is 2. The van der Waals surface area contributed by atoms with Crippen molar-refractivity contribution in [2.45, 2.75) is 33.7 Å². The van der Waals surface area contributed by atoms with Crippen LogP contribution in [0.5, 0.6) is 0 Å². The minimum Gasteiger partial charge on any atom is -0.480 e. The van der Waals surface area contributed by atoms with E-state index in [9.17, 15) is 4.79 Å². The maximum atomic E-state index is 10.4. The summed E-state index contributed by atoms with van der Waals surface area (Å²) in [5.74, 6) is -0.724. The quantitative estimate of drug-likeness (QED) is 0.768. The highest BCUT2D eigenvalue weighted by molar-refractivity contribution is 5.69. The van der Waals surface area contributed by atoms with E-state index in [1.54, 1.807) is 0 Å².